The van der Waals surface area contributed by atoms with Crippen molar-refractivity contribution in [3.63, 3.8) is 0 Å². The molecule has 0 bridgehead atoms. The highest BCUT2D eigenvalue weighted by Crippen LogP contribution is 2.46. The van der Waals surface area contributed by atoms with Gasteiger partial charge in [-0.25, -0.2) is 0 Å². The first-order valence-electron chi connectivity index (χ1n) is 8.87. The van der Waals surface area contributed by atoms with Gasteiger partial charge in [0.2, 0.25) is 0 Å². The number of benzene rings is 2. The van der Waals surface area contributed by atoms with E-state index in [4.69, 9.17) is 10.5 Å². The normalized spacial score (nSPS) is 18.1. The number of fused-ring (bicyclic) bond motifs is 2. The van der Waals surface area contributed by atoms with Crippen molar-refractivity contribution in [1.29, 1.82) is 0 Å². The molecule has 146 valence electrons. The van der Waals surface area contributed by atoms with E-state index in [1.807, 2.05) is 12.1 Å². The van der Waals surface area contributed by atoms with Crippen LogP contribution in [0.25, 0.3) is 5.70 Å². The van der Waals surface area contributed by atoms with Gasteiger partial charge >= 0.3 is 6.18 Å². The second kappa shape index (κ2) is 6.10. The van der Waals surface area contributed by atoms with E-state index >= 15 is 0 Å². The van der Waals surface area contributed by atoms with Crippen LogP contribution in [0.4, 0.5) is 13.2 Å². The maximum atomic E-state index is 13.3. The number of nitrogens with two attached hydrogens (primary N) is 1. The van der Waals surface area contributed by atoms with Gasteiger partial charge in [-0.15, -0.1) is 0 Å². The zero-order valence-electron chi connectivity index (χ0n) is 15.4. The second-order valence-corrected chi connectivity index (χ2v) is 7.40. The predicted octanol–water partition coefficient (Wildman–Crippen LogP) is 4.20. The van der Waals surface area contributed by atoms with Gasteiger partial charge in [0.15, 0.2) is 0 Å². The second-order valence-electron chi connectivity index (χ2n) is 7.40. The fourth-order valence-corrected chi connectivity index (χ4v) is 3.85. The number of rotatable bonds is 2. The van der Waals surface area contributed by atoms with E-state index in [0.717, 1.165) is 17.7 Å². The molecule has 4 rings (SSSR count). The number of hydrogen-bond donors (Lipinski definition) is 1. The van der Waals surface area contributed by atoms with Gasteiger partial charge in [0.25, 0.3) is 5.91 Å². The SMILES string of the molecule is CC1(C)Oc2ccc(C(F)(F)F)cc2C(N2Cc3ccccc3C2=O)=C1CN. The van der Waals surface area contributed by atoms with Crippen LogP contribution < -0.4 is 10.5 Å². The summed E-state index contributed by atoms with van der Waals surface area (Å²) in [4.78, 5) is 14.6. The number of hydrogen-bond acceptors (Lipinski definition) is 3. The molecular weight excluding hydrogens is 369 g/mol. The maximum Gasteiger partial charge on any atom is 0.416 e. The van der Waals surface area contributed by atoms with Gasteiger partial charge in [0.1, 0.15) is 11.4 Å². The molecular formula is C21H19F3N2O2. The van der Waals surface area contributed by atoms with Crippen molar-refractivity contribution < 1.29 is 22.7 Å². The minimum atomic E-state index is -4.51. The van der Waals surface area contributed by atoms with Crippen molar-refractivity contribution in [3.05, 3.63) is 70.3 Å². The van der Waals surface area contributed by atoms with Gasteiger partial charge in [0.05, 0.1) is 17.8 Å². The summed E-state index contributed by atoms with van der Waals surface area (Å²) in [6.45, 7) is 3.92. The Balaban J connectivity index is 1.93. The van der Waals surface area contributed by atoms with Crippen molar-refractivity contribution in [2.45, 2.75) is 32.2 Å². The molecule has 0 unspecified atom stereocenters. The zero-order valence-corrected chi connectivity index (χ0v) is 15.4. The third-order valence-corrected chi connectivity index (χ3v) is 5.24. The predicted molar refractivity (Wildman–Crippen MR) is 98.4 cm³/mol. The van der Waals surface area contributed by atoms with Gasteiger partial charge in [-0.3, -0.25) is 4.79 Å². The van der Waals surface area contributed by atoms with Crippen LogP contribution in [0.2, 0.25) is 0 Å². The molecule has 2 aromatic carbocycles. The average Bonchev–Trinajstić information content (AvgIpc) is 2.95. The molecule has 28 heavy (non-hydrogen) atoms. The van der Waals surface area contributed by atoms with E-state index in [1.165, 1.54) is 11.0 Å². The molecule has 0 spiro atoms. The first-order chi connectivity index (χ1) is 13.1. The van der Waals surface area contributed by atoms with Crippen molar-refractivity contribution >= 4 is 11.6 Å². The minimum Gasteiger partial charge on any atom is -0.483 e. The van der Waals surface area contributed by atoms with Crippen LogP contribution in [0.3, 0.4) is 0 Å². The Morgan fingerprint density at radius 3 is 2.50 bits per heavy atom. The quantitative estimate of drug-likeness (QED) is 0.839. The molecule has 2 aliphatic rings. The molecule has 2 aliphatic heterocycles. The zero-order chi connectivity index (χ0) is 20.3. The highest BCUT2D eigenvalue weighted by atomic mass is 19.4. The molecule has 0 fully saturated rings. The van der Waals surface area contributed by atoms with Crippen LogP contribution in [0, 0.1) is 0 Å². The summed E-state index contributed by atoms with van der Waals surface area (Å²) < 4.78 is 45.9. The summed E-state index contributed by atoms with van der Waals surface area (Å²) in [6.07, 6.45) is -4.51. The summed E-state index contributed by atoms with van der Waals surface area (Å²) in [5.41, 5.74) is 6.91. The van der Waals surface area contributed by atoms with Crippen LogP contribution in [-0.4, -0.2) is 23.0 Å². The van der Waals surface area contributed by atoms with Gasteiger partial charge < -0.3 is 15.4 Å². The lowest BCUT2D eigenvalue weighted by Crippen LogP contribution is -2.41. The van der Waals surface area contributed by atoms with Gasteiger partial charge in [0, 0.05) is 23.2 Å². The Kier molecular flexibility index (Phi) is 4.04. The van der Waals surface area contributed by atoms with Crippen LogP contribution in [0.1, 0.15) is 40.9 Å². The maximum absolute atomic E-state index is 13.3. The van der Waals surface area contributed by atoms with E-state index < -0.39 is 17.3 Å². The Morgan fingerprint density at radius 1 is 1.14 bits per heavy atom. The Bertz CT molecular complexity index is 1010. The number of carbonyl (C=O) groups is 1. The Labute approximate surface area is 160 Å². The molecule has 0 radical (unpaired) electrons. The van der Waals surface area contributed by atoms with Crippen LogP contribution in [0.5, 0.6) is 5.75 Å². The molecule has 0 saturated carbocycles. The van der Waals surface area contributed by atoms with E-state index in [-0.39, 0.29) is 24.6 Å². The first-order valence-corrected chi connectivity index (χ1v) is 8.87. The van der Waals surface area contributed by atoms with Crippen molar-refractivity contribution in [2.75, 3.05) is 6.54 Å². The molecule has 0 aromatic heterocycles. The molecule has 2 aromatic rings. The minimum absolute atomic E-state index is 0.0537. The lowest BCUT2D eigenvalue weighted by Gasteiger charge is -2.39. The number of halogens is 3. The smallest absolute Gasteiger partial charge is 0.416 e. The largest absolute Gasteiger partial charge is 0.483 e. The third-order valence-electron chi connectivity index (χ3n) is 5.24. The highest BCUT2D eigenvalue weighted by Gasteiger charge is 2.42. The highest BCUT2D eigenvalue weighted by molar-refractivity contribution is 6.04. The summed E-state index contributed by atoms with van der Waals surface area (Å²) in [6, 6.07) is 10.5. The lowest BCUT2D eigenvalue weighted by molar-refractivity contribution is -0.137. The number of carbonyl (C=O) groups excluding carboxylic acids is 1. The monoisotopic (exact) mass is 388 g/mol. The topological polar surface area (TPSA) is 55.6 Å². The fourth-order valence-electron chi connectivity index (χ4n) is 3.85. The molecule has 2 heterocycles. The molecule has 2 N–H and O–H groups in total. The van der Waals surface area contributed by atoms with Gasteiger partial charge in [-0.1, -0.05) is 18.2 Å². The number of alkyl halides is 3. The number of nitrogens with zero attached hydrogens (tertiary/aromatic N) is 1. The Morgan fingerprint density at radius 2 is 1.86 bits per heavy atom. The number of ether oxygens (including phenoxy) is 1. The van der Waals surface area contributed by atoms with Crippen LogP contribution in [-0.2, 0) is 12.7 Å². The van der Waals surface area contributed by atoms with Crippen molar-refractivity contribution in [2.24, 2.45) is 5.73 Å². The molecule has 7 heteroatoms. The molecule has 1 amide bonds. The molecule has 0 saturated heterocycles. The van der Waals surface area contributed by atoms with E-state index in [2.05, 4.69) is 0 Å². The summed E-state index contributed by atoms with van der Waals surface area (Å²) in [5, 5.41) is 0. The third kappa shape index (κ3) is 2.77. The molecule has 0 aliphatic carbocycles. The summed E-state index contributed by atoms with van der Waals surface area (Å²) in [5.74, 6) is 0.0477. The number of amides is 1. The fraction of sp³-hybridized carbons (Fsp3) is 0.286. The summed E-state index contributed by atoms with van der Waals surface area (Å²) in [7, 11) is 0. The first kappa shape index (κ1) is 18.6. The van der Waals surface area contributed by atoms with Gasteiger partial charge in [-0.05, 0) is 43.7 Å². The standard InChI is InChI=1S/C21H19F3N2O2/c1-20(2)16(10-25)18(26-11-12-5-3-4-6-14(12)19(26)27)15-9-13(21(22,23)24)7-8-17(15)28-20/h3-9H,10-11,25H2,1-2H3. The van der Waals surface area contributed by atoms with E-state index in [9.17, 15) is 18.0 Å². The Hall–Kier alpha value is -2.80. The van der Waals surface area contributed by atoms with Crippen LogP contribution >= 0.6 is 0 Å². The molecule has 0 atom stereocenters. The van der Waals surface area contributed by atoms with Gasteiger partial charge in [-0.2, -0.15) is 13.2 Å². The average molecular weight is 388 g/mol. The summed E-state index contributed by atoms with van der Waals surface area (Å²) >= 11 is 0. The lowest BCUT2D eigenvalue weighted by atomic mass is 9.88. The van der Waals surface area contributed by atoms with E-state index in [1.54, 1.807) is 26.0 Å². The van der Waals surface area contributed by atoms with Crippen molar-refractivity contribution in [1.82, 2.24) is 4.90 Å². The van der Waals surface area contributed by atoms with Crippen LogP contribution in [0.15, 0.2) is 48.0 Å². The molecule has 4 nitrogen and oxygen atoms in total. The van der Waals surface area contributed by atoms with E-state index in [0.29, 0.717) is 22.6 Å². The van der Waals surface area contributed by atoms with Crippen molar-refractivity contribution in [3.8, 4) is 5.75 Å².